The number of hydrogen-bond acceptors (Lipinski definition) is 2. The van der Waals surface area contributed by atoms with Crippen LogP contribution in [0.2, 0.25) is 0 Å². The molecular weight excluding hydrogens is 291 g/mol. The van der Waals surface area contributed by atoms with Crippen molar-refractivity contribution in [2.45, 2.75) is 39.5 Å². The Morgan fingerprint density at radius 2 is 1.91 bits per heavy atom. The number of rotatable bonds is 7. The Hall–Kier alpha value is -1.42. The summed E-state index contributed by atoms with van der Waals surface area (Å²) in [6.45, 7) is 8.78. The van der Waals surface area contributed by atoms with Crippen molar-refractivity contribution in [1.29, 1.82) is 0 Å². The number of halogens is 1. The first kappa shape index (κ1) is 17.9. The minimum Gasteiger partial charge on any atom is -0.356 e. The van der Waals surface area contributed by atoms with Gasteiger partial charge >= 0.3 is 0 Å². The zero-order valence-corrected chi connectivity index (χ0v) is 14.4. The highest BCUT2D eigenvalue weighted by Crippen LogP contribution is 2.17. The van der Waals surface area contributed by atoms with Crippen molar-refractivity contribution in [2.24, 2.45) is 11.8 Å². The van der Waals surface area contributed by atoms with E-state index >= 15 is 0 Å². The molecule has 2 rings (SSSR count). The molecule has 1 heterocycles. The molecule has 0 aliphatic carbocycles. The molecule has 1 aromatic carbocycles. The van der Waals surface area contributed by atoms with Crippen LogP contribution in [-0.2, 0) is 11.2 Å². The van der Waals surface area contributed by atoms with Gasteiger partial charge in [-0.3, -0.25) is 4.79 Å². The van der Waals surface area contributed by atoms with Crippen molar-refractivity contribution < 1.29 is 9.18 Å². The lowest BCUT2D eigenvalue weighted by atomic mass is 9.96. The number of carbonyl (C=O) groups excluding carboxylic acids is 1. The average molecular weight is 320 g/mol. The molecule has 0 saturated carbocycles. The highest BCUT2D eigenvalue weighted by Gasteiger charge is 2.19. The second-order valence-electron chi connectivity index (χ2n) is 7.07. The molecule has 128 valence electrons. The summed E-state index contributed by atoms with van der Waals surface area (Å²) in [5.41, 5.74) is 1.00. The Morgan fingerprint density at radius 3 is 2.52 bits per heavy atom. The highest BCUT2D eigenvalue weighted by molar-refractivity contribution is 5.76. The number of piperidine rings is 1. The van der Waals surface area contributed by atoms with Crippen LogP contribution in [0.25, 0.3) is 0 Å². The third-order valence-corrected chi connectivity index (χ3v) is 4.47. The van der Waals surface area contributed by atoms with Gasteiger partial charge in [0, 0.05) is 19.5 Å². The number of benzene rings is 1. The fraction of sp³-hybridized carbons (Fsp3) is 0.632. The first-order chi connectivity index (χ1) is 11.0. The summed E-state index contributed by atoms with van der Waals surface area (Å²) in [5, 5.41) is 3.06. The van der Waals surface area contributed by atoms with Gasteiger partial charge in [-0.15, -0.1) is 0 Å². The van der Waals surface area contributed by atoms with Crippen molar-refractivity contribution in [1.82, 2.24) is 10.2 Å². The van der Waals surface area contributed by atoms with Gasteiger partial charge in [0.25, 0.3) is 0 Å². The molecule has 0 unspecified atom stereocenters. The van der Waals surface area contributed by atoms with E-state index in [1.54, 1.807) is 12.1 Å². The maximum atomic E-state index is 12.8. The van der Waals surface area contributed by atoms with Gasteiger partial charge in [0.15, 0.2) is 0 Å². The van der Waals surface area contributed by atoms with Crippen LogP contribution in [0.4, 0.5) is 4.39 Å². The maximum absolute atomic E-state index is 12.8. The molecule has 23 heavy (non-hydrogen) atoms. The topological polar surface area (TPSA) is 32.3 Å². The van der Waals surface area contributed by atoms with Crippen LogP contribution in [0.5, 0.6) is 0 Å². The van der Waals surface area contributed by atoms with Gasteiger partial charge in [-0.05, 0) is 61.9 Å². The Morgan fingerprint density at radius 1 is 1.26 bits per heavy atom. The van der Waals surface area contributed by atoms with Gasteiger partial charge in [0.05, 0.1) is 0 Å². The molecule has 1 amide bonds. The first-order valence-corrected chi connectivity index (χ1v) is 8.76. The molecule has 3 nitrogen and oxygen atoms in total. The highest BCUT2D eigenvalue weighted by atomic mass is 19.1. The Bertz CT molecular complexity index is 479. The molecule has 0 atom stereocenters. The van der Waals surface area contributed by atoms with Crippen LogP contribution in [0, 0.1) is 17.7 Å². The van der Waals surface area contributed by atoms with Crippen LogP contribution in [0.15, 0.2) is 24.3 Å². The molecule has 1 aromatic rings. The fourth-order valence-electron chi connectivity index (χ4n) is 3.15. The van der Waals surface area contributed by atoms with E-state index in [-0.39, 0.29) is 11.7 Å². The lowest BCUT2D eigenvalue weighted by Gasteiger charge is -2.33. The van der Waals surface area contributed by atoms with E-state index in [1.165, 1.54) is 31.5 Å². The summed E-state index contributed by atoms with van der Waals surface area (Å²) < 4.78 is 12.8. The fourth-order valence-corrected chi connectivity index (χ4v) is 3.15. The van der Waals surface area contributed by atoms with Crippen LogP contribution in [0.3, 0.4) is 0 Å². The number of likely N-dealkylation sites (tertiary alicyclic amines) is 1. The van der Waals surface area contributed by atoms with Gasteiger partial charge in [0.1, 0.15) is 5.82 Å². The number of carbonyl (C=O) groups is 1. The van der Waals surface area contributed by atoms with Crippen LogP contribution < -0.4 is 5.32 Å². The molecule has 1 N–H and O–H groups in total. The molecule has 4 heteroatoms. The lowest BCUT2D eigenvalue weighted by molar-refractivity contribution is -0.121. The summed E-state index contributed by atoms with van der Waals surface area (Å²) in [4.78, 5) is 14.5. The van der Waals surface area contributed by atoms with Gasteiger partial charge in [-0.2, -0.15) is 0 Å². The van der Waals surface area contributed by atoms with Crippen LogP contribution in [-0.4, -0.2) is 37.0 Å². The Labute approximate surface area is 139 Å². The predicted molar refractivity (Wildman–Crippen MR) is 91.7 cm³/mol. The largest absolute Gasteiger partial charge is 0.356 e. The molecule has 0 spiro atoms. The van der Waals surface area contributed by atoms with E-state index in [0.717, 1.165) is 31.1 Å². The minimum absolute atomic E-state index is 0.0962. The molecule has 0 bridgehead atoms. The summed E-state index contributed by atoms with van der Waals surface area (Å²) in [7, 11) is 0. The summed E-state index contributed by atoms with van der Waals surface area (Å²) in [6, 6.07) is 6.37. The third-order valence-electron chi connectivity index (χ3n) is 4.47. The predicted octanol–water partition coefficient (Wildman–Crippen LogP) is 3.24. The lowest BCUT2D eigenvalue weighted by Crippen LogP contribution is -2.40. The van der Waals surface area contributed by atoms with Crippen molar-refractivity contribution in [3.8, 4) is 0 Å². The SMILES string of the molecule is CC(C)CN1CCC(CNC(=O)CCc2ccc(F)cc2)CC1. The quantitative estimate of drug-likeness (QED) is 0.836. The van der Waals surface area contributed by atoms with Crippen molar-refractivity contribution in [3.63, 3.8) is 0 Å². The van der Waals surface area contributed by atoms with E-state index in [9.17, 15) is 9.18 Å². The molecular formula is C19H29FN2O. The number of amides is 1. The second kappa shape index (κ2) is 9.02. The average Bonchev–Trinajstić information content (AvgIpc) is 2.53. The maximum Gasteiger partial charge on any atom is 0.220 e. The van der Waals surface area contributed by atoms with E-state index in [0.29, 0.717) is 18.8 Å². The van der Waals surface area contributed by atoms with Crippen molar-refractivity contribution in [3.05, 3.63) is 35.6 Å². The van der Waals surface area contributed by atoms with E-state index in [1.807, 2.05) is 0 Å². The van der Waals surface area contributed by atoms with Gasteiger partial charge in [0.2, 0.25) is 5.91 Å². The van der Waals surface area contributed by atoms with E-state index < -0.39 is 0 Å². The number of nitrogens with one attached hydrogen (secondary N) is 1. The molecule has 1 fully saturated rings. The summed E-state index contributed by atoms with van der Waals surface area (Å²) in [6.07, 6.45) is 3.48. The Kier molecular flexibility index (Phi) is 7.03. The number of hydrogen-bond donors (Lipinski definition) is 1. The standard InChI is InChI=1S/C19H29FN2O/c1-15(2)14-22-11-9-17(10-12-22)13-21-19(23)8-5-16-3-6-18(20)7-4-16/h3-4,6-7,15,17H,5,8-14H2,1-2H3,(H,21,23). The molecule has 0 aromatic heterocycles. The van der Waals surface area contributed by atoms with Gasteiger partial charge in [-0.1, -0.05) is 26.0 Å². The summed E-state index contributed by atoms with van der Waals surface area (Å²) >= 11 is 0. The number of nitrogens with zero attached hydrogens (tertiary/aromatic N) is 1. The molecule has 1 aliphatic rings. The van der Waals surface area contributed by atoms with Gasteiger partial charge in [-0.25, -0.2) is 4.39 Å². The van der Waals surface area contributed by atoms with Crippen molar-refractivity contribution in [2.75, 3.05) is 26.2 Å². The normalized spacial score (nSPS) is 16.7. The zero-order chi connectivity index (χ0) is 16.7. The second-order valence-corrected chi connectivity index (χ2v) is 7.07. The Balaban J connectivity index is 1.60. The molecule has 1 aliphatic heterocycles. The van der Waals surface area contributed by atoms with Crippen LogP contribution >= 0.6 is 0 Å². The smallest absolute Gasteiger partial charge is 0.220 e. The van der Waals surface area contributed by atoms with E-state index in [4.69, 9.17) is 0 Å². The summed E-state index contributed by atoms with van der Waals surface area (Å²) in [5.74, 6) is 1.19. The van der Waals surface area contributed by atoms with E-state index in [2.05, 4.69) is 24.1 Å². The molecule has 1 saturated heterocycles. The minimum atomic E-state index is -0.234. The molecule has 0 radical (unpaired) electrons. The third kappa shape index (κ3) is 6.69. The number of aryl methyl sites for hydroxylation is 1. The van der Waals surface area contributed by atoms with Gasteiger partial charge < -0.3 is 10.2 Å². The van der Waals surface area contributed by atoms with Crippen LogP contribution in [0.1, 0.15) is 38.7 Å². The zero-order valence-electron chi connectivity index (χ0n) is 14.4. The van der Waals surface area contributed by atoms with Crippen molar-refractivity contribution >= 4 is 5.91 Å². The monoisotopic (exact) mass is 320 g/mol. The first-order valence-electron chi connectivity index (χ1n) is 8.76.